The quantitative estimate of drug-likeness (QED) is 0.770. The zero-order chi connectivity index (χ0) is 11.9. The first-order valence-corrected chi connectivity index (χ1v) is 6.42. The molecule has 3 nitrogen and oxygen atoms in total. The number of hydrogen-bond donors (Lipinski definition) is 1. The maximum Gasteiger partial charge on any atom is 0.119 e. The van der Waals surface area contributed by atoms with Crippen molar-refractivity contribution in [3.8, 4) is 5.75 Å². The van der Waals surface area contributed by atoms with Crippen molar-refractivity contribution < 1.29 is 9.47 Å². The van der Waals surface area contributed by atoms with Crippen LogP contribution in [-0.2, 0) is 11.3 Å². The van der Waals surface area contributed by atoms with Gasteiger partial charge < -0.3 is 15.2 Å². The van der Waals surface area contributed by atoms with E-state index < -0.39 is 0 Å². The second-order valence-corrected chi connectivity index (χ2v) is 4.48. The summed E-state index contributed by atoms with van der Waals surface area (Å²) < 4.78 is 11.4. The summed E-state index contributed by atoms with van der Waals surface area (Å²) in [5, 5.41) is 0. The summed E-state index contributed by atoms with van der Waals surface area (Å²) in [6.07, 6.45) is 5.51. The molecule has 1 aromatic rings. The lowest BCUT2D eigenvalue weighted by atomic mass is 10.2. The summed E-state index contributed by atoms with van der Waals surface area (Å²) in [7, 11) is 0. The van der Waals surface area contributed by atoms with Gasteiger partial charge in [-0.05, 0) is 30.5 Å². The first kappa shape index (κ1) is 12.4. The lowest BCUT2D eigenvalue weighted by Crippen LogP contribution is -2.14. The van der Waals surface area contributed by atoms with Crippen LogP contribution in [0.1, 0.15) is 31.2 Å². The van der Waals surface area contributed by atoms with Gasteiger partial charge in [-0.3, -0.25) is 0 Å². The van der Waals surface area contributed by atoms with Crippen molar-refractivity contribution in [1.82, 2.24) is 0 Å². The Morgan fingerprint density at radius 2 is 2.00 bits per heavy atom. The van der Waals surface area contributed by atoms with Crippen LogP contribution in [0, 0.1) is 0 Å². The van der Waals surface area contributed by atoms with Gasteiger partial charge in [0, 0.05) is 6.54 Å². The summed E-state index contributed by atoms with van der Waals surface area (Å²) in [6, 6.07) is 7.90. The van der Waals surface area contributed by atoms with E-state index in [1.54, 1.807) is 0 Å². The van der Waals surface area contributed by atoms with Crippen molar-refractivity contribution in [2.45, 2.75) is 38.3 Å². The molecule has 0 aliphatic heterocycles. The molecule has 0 unspecified atom stereocenters. The van der Waals surface area contributed by atoms with Crippen LogP contribution >= 0.6 is 0 Å². The first-order valence-electron chi connectivity index (χ1n) is 6.42. The highest BCUT2D eigenvalue weighted by atomic mass is 16.5. The van der Waals surface area contributed by atoms with Crippen LogP contribution in [0.25, 0.3) is 0 Å². The highest BCUT2D eigenvalue weighted by Gasteiger charge is 2.14. The maximum atomic E-state index is 5.73. The van der Waals surface area contributed by atoms with Gasteiger partial charge in [-0.15, -0.1) is 0 Å². The van der Waals surface area contributed by atoms with Crippen molar-refractivity contribution >= 4 is 0 Å². The lowest BCUT2D eigenvalue weighted by molar-refractivity contribution is 0.0382. The molecule has 2 N–H and O–H groups in total. The van der Waals surface area contributed by atoms with Gasteiger partial charge in [-0.25, -0.2) is 0 Å². The number of hydrogen-bond acceptors (Lipinski definition) is 3. The molecule has 1 aliphatic rings. The maximum absolute atomic E-state index is 5.73. The average Bonchev–Trinajstić information content (AvgIpc) is 2.88. The molecule has 0 atom stereocenters. The molecule has 1 aromatic carbocycles. The first-order chi connectivity index (χ1) is 8.38. The summed E-state index contributed by atoms with van der Waals surface area (Å²) in [4.78, 5) is 0. The Kier molecular flexibility index (Phi) is 4.83. The Bertz CT molecular complexity index is 335. The molecule has 1 fully saturated rings. The predicted octanol–water partition coefficient (Wildman–Crippen LogP) is 2.48. The Labute approximate surface area is 103 Å². The number of rotatable bonds is 6. The standard InChI is InChI=1S/C14H21NO2/c15-11-12-4-3-7-14(10-12)17-9-8-16-13-5-1-2-6-13/h3-4,7,10,13H,1-2,5-6,8-9,11,15H2. The summed E-state index contributed by atoms with van der Waals surface area (Å²) in [6.45, 7) is 1.85. The second kappa shape index (κ2) is 6.62. The van der Waals surface area contributed by atoms with E-state index in [-0.39, 0.29) is 0 Å². The van der Waals surface area contributed by atoms with E-state index in [1.165, 1.54) is 25.7 Å². The van der Waals surface area contributed by atoms with Crippen molar-refractivity contribution in [2.24, 2.45) is 5.73 Å². The molecule has 1 aliphatic carbocycles. The van der Waals surface area contributed by atoms with Crippen LogP contribution in [0.5, 0.6) is 5.75 Å². The minimum absolute atomic E-state index is 0.467. The number of nitrogens with two attached hydrogens (primary N) is 1. The fraction of sp³-hybridized carbons (Fsp3) is 0.571. The third-order valence-electron chi connectivity index (χ3n) is 3.14. The zero-order valence-electron chi connectivity index (χ0n) is 10.2. The van der Waals surface area contributed by atoms with Crippen LogP contribution in [-0.4, -0.2) is 19.3 Å². The SMILES string of the molecule is NCc1cccc(OCCOC2CCCC2)c1. The molecule has 94 valence electrons. The van der Waals surface area contributed by atoms with Gasteiger partial charge in [0.15, 0.2) is 0 Å². The van der Waals surface area contributed by atoms with Gasteiger partial charge in [0.05, 0.1) is 12.7 Å². The molecule has 3 heteroatoms. The topological polar surface area (TPSA) is 44.5 Å². The Morgan fingerprint density at radius 1 is 1.18 bits per heavy atom. The Balaban J connectivity index is 1.66. The smallest absolute Gasteiger partial charge is 0.119 e. The predicted molar refractivity (Wildman–Crippen MR) is 68.0 cm³/mol. The zero-order valence-corrected chi connectivity index (χ0v) is 10.2. The number of ether oxygens (including phenoxy) is 2. The molecule has 0 heterocycles. The van der Waals surface area contributed by atoms with Crippen LogP contribution in [0.2, 0.25) is 0 Å². The average molecular weight is 235 g/mol. The second-order valence-electron chi connectivity index (χ2n) is 4.48. The van der Waals surface area contributed by atoms with E-state index in [0.29, 0.717) is 25.9 Å². The van der Waals surface area contributed by atoms with Crippen molar-refractivity contribution in [3.63, 3.8) is 0 Å². The van der Waals surface area contributed by atoms with Crippen molar-refractivity contribution in [1.29, 1.82) is 0 Å². The molecule has 2 rings (SSSR count). The fourth-order valence-electron chi connectivity index (χ4n) is 2.19. The number of benzene rings is 1. The Hall–Kier alpha value is -1.06. The van der Waals surface area contributed by atoms with E-state index in [9.17, 15) is 0 Å². The molecule has 0 amide bonds. The minimum atomic E-state index is 0.467. The summed E-state index contributed by atoms with van der Waals surface area (Å²) in [5.74, 6) is 0.878. The van der Waals surface area contributed by atoms with Gasteiger partial charge >= 0.3 is 0 Å². The van der Waals surface area contributed by atoms with Crippen LogP contribution in [0.4, 0.5) is 0 Å². The van der Waals surface area contributed by atoms with E-state index in [2.05, 4.69) is 0 Å². The molecule has 17 heavy (non-hydrogen) atoms. The third kappa shape index (κ3) is 4.02. The van der Waals surface area contributed by atoms with Gasteiger partial charge in [0.1, 0.15) is 12.4 Å². The van der Waals surface area contributed by atoms with E-state index >= 15 is 0 Å². The lowest BCUT2D eigenvalue weighted by Gasteiger charge is -2.12. The monoisotopic (exact) mass is 235 g/mol. The molecule has 1 saturated carbocycles. The summed E-state index contributed by atoms with van der Waals surface area (Å²) in [5.41, 5.74) is 6.67. The van der Waals surface area contributed by atoms with Gasteiger partial charge in [0.2, 0.25) is 0 Å². The fourth-order valence-corrected chi connectivity index (χ4v) is 2.19. The summed E-state index contributed by atoms with van der Waals surface area (Å²) >= 11 is 0. The molecular formula is C14H21NO2. The van der Waals surface area contributed by atoms with Crippen LogP contribution in [0.15, 0.2) is 24.3 Å². The van der Waals surface area contributed by atoms with Crippen LogP contribution < -0.4 is 10.5 Å². The molecule has 0 saturated heterocycles. The van der Waals surface area contributed by atoms with Crippen molar-refractivity contribution in [2.75, 3.05) is 13.2 Å². The molecule has 0 bridgehead atoms. The van der Waals surface area contributed by atoms with Crippen LogP contribution in [0.3, 0.4) is 0 Å². The normalized spacial score (nSPS) is 16.3. The highest BCUT2D eigenvalue weighted by molar-refractivity contribution is 5.28. The van der Waals surface area contributed by atoms with Gasteiger partial charge in [-0.2, -0.15) is 0 Å². The Morgan fingerprint density at radius 3 is 2.76 bits per heavy atom. The highest BCUT2D eigenvalue weighted by Crippen LogP contribution is 2.20. The van der Waals surface area contributed by atoms with E-state index in [0.717, 1.165) is 11.3 Å². The van der Waals surface area contributed by atoms with Gasteiger partial charge in [-0.1, -0.05) is 25.0 Å². The molecule has 0 aromatic heterocycles. The van der Waals surface area contributed by atoms with E-state index in [4.69, 9.17) is 15.2 Å². The molecular weight excluding hydrogens is 214 g/mol. The largest absolute Gasteiger partial charge is 0.491 e. The van der Waals surface area contributed by atoms with E-state index in [1.807, 2.05) is 24.3 Å². The van der Waals surface area contributed by atoms with Gasteiger partial charge in [0.25, 0.3) is 0 Å². The van der Waals surface area contributed by atoms with Crippen molar-refractivity contribution in [3.05, 3.63) is 29.8 Å². The molecule has 0 radical (unpaired) electrons. The third-order valence-corrected chi connectivity index (χ3v) is 3.14. The molecule has 0 spiro atoms. The minimum Gasteiger partial charge on any atom is -0.491 e.